The number of aliphatic hydroxyl groups is 2. The van der Waals surface area contributed by atoms with Crippen molar-refractivity contribution in [1.82, 2.24) is 0 Å². The van der Waals surface area contributed by atoms with Gasteiger partial charge in [0.1, 0.15) is 18.0 Å². The Labute approximate surface area is 207 Å². The molecule has 3 aliphatic heterocycles. The van der Waals surface area contributed by atoms with E-state index in [1.165, 1.54) is 13.0 Å². The van der Waals surface area contributed by atoms with Gasteiger partial charge in [0.15, 0.2) is 11.9 Å². The summed E-state index contributed by atoms with van der Waals surface area (Å²) in [5.41, 5.74) is 0.145. The van der Waals surface area contributed by atoms with Gasteiger partial charge < -0.3 is 24.4 Å². The summed E-state index contributed by atoms with van der Waals surface area (Å²) >= 11 is 0. The van der Waals surface area contributed by atoms with Gasteiger partial charge in [-0.25, -0.2) is 4.79 Å². The molecule has 0 spiro atoms. The number of hydrogen-bond acceptors (Lipinski definition) is 8. The Morgan fingerprint density at radius 1 is 1.23 bits per heavy atom. The van der Waals surface area contributed by atoms with Crippen LogP contribution in [0.3, 0.4) is 0 Å². The van der Waals surface area contributed by atoms with Crippen LogP contribution in [0.2, 0.25) is 0 Å². The Balaban J connectivity index is 1.96. The van der Waals surface area contributed by atoms with Crippen molar-refractivity contribution in [2.45, 2.75) is 104 Å². The molecular formula is C27H40O8. The van der Waals surface area contributed by atoms with E-state index in [1.807, 2.05) is 26.0 Å². The number of hydrogen-bond donors (Lipinski definition) is 2. The Morgan fingerprint density at radius 3 is 2.51 bits per heavy atom. The summed E-state index contributed by atoms with van der Waals surface area (Å²) in [6, 6.07) is 0. The van der Waals surface area contributed by atoms with Gasteiger partial charge in [-0.2, -0.15) is 0 Å². The second kappa shape index (κ2) is 10.2. The van der Waals surface area contributed by atoms with Crippen molar-refractivity contribution >= 4 is 17.5 Å². The summed E-state index contributed by atoms with van der Waals surface area (Å²) in [4.78, 5) is 37.7. The van der Waals surface area contributed by atoms with Crippen molar-refractivity contribution in [2.75, 3.05) is 0 Å². The van der Waals surface area contributed by atoms with Gasteiger partial charge in [-0.1, -0.05) is 52.3 Å². The van der Waals surface area contributed by atoms with Gasteiger partial charge in [0.2, 0.25) is 5.79 Å². The molecule has 4 bridgehead atoms. The predicted octanol–water partition coefficient (Wildman–Crippen LogP) is 2.89. The molecule has 0 aliphatic carbocycles. The van der Waals surface area contributed by atoms with E-state index in [0.29, 0.717) is 18.4 Å². The number of Topliss-reactive ketones (excluding diaryl/α,β-unsaturated/α-hetero) is 2. The summed E-state index contributed by atoms with van der Waals surface area (Å²) in [5.74, 6) is -4.81. The van der Waals surface area contributed by atoms with E-state index >= 15 is 0 Å². The maximum absolute atomic E-state index is 13.2. The summed E-state index contributed by atoms with van der Waals surface area (Å²) in [5, 5.41) is 23.1. The van der Waals surface area contributed by atoms with Gasteiger partial charge in [0.25, 0.3) is 0 Å². The largest absolute Gasteiger partial charge is 0.453 e. The maximum atomic E-state index is 13.2. The Hall–Kier alpha value is -1.87. The van der Waals surface area contributed by atoms with Crippen LogP contribution in [0.5, 0.6) is 0 Å². The lowest BCUT2D eigenvalue weighted by atomic mass is 9.81. The van der Waals surface area contributed by atoms with Crippen LogP contribution in [0, 0.1) is 23.2 Å². The fourth-order valence-electron chi connectivity index (χ4n) is 5.21. The highest BCUT2D eigenvalue weighted by Crippen LogP contribution is 2.43. The maximum Gasteiger partial charge on any atom is 0.331 e. The average molecular weight is 493 g/mol. The number of fused-ring (bicyclic) bond motifs is 4. The molecule has 35 heavy (non-hydrogen) atoms. The van der Waals surface area contributed by atoms with Gasteiger partial charge in [-0.05, 0) is 33.1 Å². The highest BCUT2D eigenvalue weighted by Gasteiger charge is 2.59. The number of aliphatic hydroxyl groups excluding tert-OH is 1. The molecule has 8 nitrogen and oxygen atoms in total. The number of rotatable bonds is 4. The van der Waals surface area contributed by atoms with Crippen molar-refractivity contribution in [3.8, 4) is 0 Å². The average Bonchev–Trinajstić information content (AvgIpc) is 3.28. The van der Waals surface area contributed by atoms with Crippen LogP contribution in [-0.2, 0) is 28.6 Å². The van der Waals surface area contributed by atoms with Crippen molar-refractivity contribution in [2.24, 2.45) is 23.2 Å². The van der Waals surface area contributed by atoms with Crippen molar-refractivity contribution < 1.29 is 38.8 Å². The van der Waals surface area contributed by atoms with E-state index in [2.05, 4.69) is 0 Å². The Bertz CT molecular complexity index is 905. The zero-order valence-corrected chi connectivity index (χ0v) is 21.8. The second-order valence-electron chi connectivity index (χ2n) is 11.2. The summed E-state index contributed by atoms with van der Waals surface area (Å²) < 4.78 is 17.7. The molecule has 0 saturated carbocycles. The van der Waals surface area contributed by atoms with Crippen LogP contribution in [0.15, 0.2) is 23.8 Å². The zero-order valence-electron chi connectivity index (χ0n) is 21.8. The first-order valence-electron chi connectivity index (χ1n) is 12.5. The highest BCUT2D eigenvalue weighted by atomic mass is 16.7. The number of carbonyl (C=O) groups excluding carboxylic acids is 3. The van der Waals surface area contributed by atoms with Gasteiger partial charge in [0.05, 0.1) is 12.2 Å². The van der Waals surface area contributed by atoms with Crippen LogP contribution in [0.25, 0.3) is 0 Å². The molecule has 196 valence electrons. The zero-order chi connectivity index (χ0) is 26.3. The molecule has 8 heteroatoms. The minimum absolute atomic E-state index is 0.0883. The topological polar surface area (TPSA) is 119 Å². The van der Waals surface area contributed by atoms with Crippen LogP contribution in [-0.4, -0.2) is 64.1 Å². The third-order valence-corrected chi connectivity index (χ3v) is 7.96. The Morgan fingerprint density at radius 2 is 1.89 bits per heavy atom. The molecule has 3 aliphatic rings. The molecule has 2 fully saturated rings. The standard InChI is InChI=1S/C27H40O8/c1-14-10-11-26(6,7)21-9-8-19(33-21)24(31)27(32)25(16(3)12-20(35-27)23(14)30)34-22(29)13-15(2)17(4)18(5)28/h10-11,13-14,16-17,19-21,24-25,31-32H,8-9,12H2,1-7H3/b11-10+,15-13+/t14-,16+,17?,19+,20+,21-,24-,25+,27+/m0/s1. The molecule has 0 aromatic rings. The van der Waals surface area contributed by atoms with Gasteiger partial charge in [-0.15, -0.1) is 0 Å². The molecule has 1 unspecified atom stereocenters. The lowest BCUT2D eigenvalue weighted by molar-refractivity contribution is -0.353. The molecule has 9 atom stereocenters. The third-order valence-electron chi connectivity index (χ3n) is 7.96. The van der Waals surface area contributed by atoms with Crippen LogP contribution in [0.4, 0.5) is 0 Å². The van der Waals surface area contributed by atoms with E-state index < -0.39 is 53.9 Å². The minimum Gasteiger partial charge on any atom is -0.453 e. The third kappa shape index (κ3) is 5.61. The summed E-state index contributed by atoms with van der Waals surface area (Å²) in [6.45, 7) is 12.4. The molecule has 0 aromatic carbocycles. The minimum atomic E-state index is -2.34. The summed E-state index contributed by atoms with van der Waals surface area (Å²) in [6.07, 6.45) is 1.66. The first-order chi connectivity index (χ1) is 16.2. The van der Waals surface area contributed by atoms with E-state index in [1.54, 1.807) is 27.7 Å². The molecule has 0 radical (unpaired) electrons. The molecule has 3 rings (SSSR count). The van der Waals surface area contributed by atoms with Crippen LogP contribution >= 0.6 is 0 Å². The molecule has 3 heterocycles. The van der Waals surface area contributed by atoms with Crippen LogP contribution < -0.4 is 0 Å². The predicted molar refractivity (Wildman–Crippen MR) is 128 cm³/mol. The fraction of sp³-hybridized carbons (Fsp3) is 0.741. The number of ether oxygens (including phenoxy) is 3. The lowest BCUT2D eigenvalue weighted by Gasteiger charge is -2.48. The molecule has 2 saturated heterocycles. The van der Waals surface area contributed by atoms with Gasteiger partial charge in [-0.3, -0.25) is 9.59 Å². The highest BCUT2D eigenvalue weighted by molar-refractivity contribution is 5.87. The number of allylic oxidation sites excluding steroid dienone is 2. The smallest absolute Gasteiger partial charge is 0.331 e. The van der Waals surface area contributed by atoms with Crippen molar-refractivity contribution in [3.63, 3.8) is 0 Å². The van der Waals surface area contributed by atoms with E-state index in [0.717, 1.165) is 0 Å². The SMILES string of the molecule is CC(=O)C(C)/C(C)=C/C(=O)O[C@@H]1[C@H](C)C[C@H]2O[C@]1(O)[C@@H](O)[C@H]1CC[C@H](O1)C(C)(C)/C=C/[C@H](C)C2=O. The number of ketones is 2. The van der Waals surface area contributed by atoms with Crippen molar-refractivity contribution in [3.05, 3.63) is 23.8 Å². The lowest BCUT2D eigenvalue weighted by Crippen LogP contribution is -2.66. The second-order valence-corrected chi connectivity index (χ2v) is 11.2. The van der Waals surface area contributed by atoms with Crippen molar-refractivity contribution in [1.29, 1.82) is 0 Å². The van der Waals surface area contributed by atoms with Crippen LogP contribution in [0.1, 0.15) is 67.7 Å². The van der Waals surface area contributed by atoms with Gasteiger partial charge in [0, 0.05) is 29.2 Å². The number of esters is 1. The summed E-state index contributed by atoms with van der Waals surface area (Å²) in [7, 11) is 0. The quantitative estimate of drug-likeness (QED) is 0.349. The van der Waals surface area contributed by atoms with E-state index in [4.69, 9.17) is 14.2 Å². The first-order valence-corrected chi connectivity index (χ1v) is 12.5. The van der Waals surface area contributed by atoms with E-state index in [9.17, 15) is 24.6 Å². The number of carbonyl (C=O) groups is 3. The molecule has 0 aromatic heterocycles. The molecular weight excluding hydrogens is 452 g/mol. The normalized spacial score (nSPS) is 41.3. The molecule has 0 amide bonds. The van der Waals surface area contributed by atoms with Gasteiger partial charge >= 0.3 is 5.97 Å². The first kappa shape index (κ1) is 27.7. The molecule has 2 N–H and O–H groups in total. The fourth-order valence-corrected chi connectivity index (χ4v) is 5.21. The van der Waals surface area contributed by atoms with E-state index in [-0.39, 0.29) is 29.5 Å². The Kier molecular flexibility index (Phi) is 8.11. The monoisotopic (exact) mass is 492 g/mol.